The third-order valence-electron chi connectivity index (χ3n) is 3.47. The largest absolute Gasteiger partial charge is 0.458 e. The molecular weight excluding hydrogens is 226 g/mol. The summed E-state index contributed by atoms with van der Waals surface area (Å²) in [5.74, 6) is -0.775. The summed E-state index contributed by atoms with van der Waals surface area (Å²) in [4.78, 5) is 16.9. The average molecular weight is 243 g/mol. The van der Waals surface area contributed by atoms with Crippen LogP contribution in [0.2, 0.25) is 0 Å². The highest BCUT2D eigenvalue weighted by molar-refractivity contribution is 5.72. The zero-order valence-corrected chi connectivity index (χ0v) is 10.2. The fraction of sp³-hybridized carbons (Fsp3) is 0.909. The highest BCUT2D eigenvalue weighted by Gasteiger charge is 2.55. The van der Waals surface area contributed by atoms with E-state index in [0.29, 0.717) is 13.0 Å². The molecule has 0 saturated carbocycles. The minimum absolute atomic E-state index is 0.0896. The van der Waals surface area contributed by atoms with Crippen molar-refractivity contribution in [1.29, 1.82) is 0 Å². The van der Waals surface area contributed by atoms with Crippen molar-refractivity contribution in [3.8, 4) is 0 Å². The quantitative estimate of drug-likeness (QED) is 0.607. The molecule has 3 fully saturated rings. The van der Waals surface area contributed by atoms with E-state index in [0.717, 1.165) is 0 Å². The van der Waals surface area contributed by atoms with Crippen LogP contribution in [0.5, 0.6) is 0 Å². The lowest BCUT2D eigenvalue weighted by Crippen LogP contribution is -2.45. The van der Waals surface area contributed by atoms with Crippen LogP contribution < -0.4 is 0 Å². The number of likely N-dealkylation sites (N-methyl/N-ethyl adjacent to an activating group) is 1. The van der Waals surface area contributed by atoms with E-state index in [9.17, 15) is 4.79 Å². The topological polar surface area (TPSA) is 57.2 Å². The number of hydrogen-bond acceptors (Lipinski definition) is 6. The molecule has 0 aromatic carbocycles. The van der Waals surface area contributed by atoms with Crippen LogP contribution in [-0.2, 0) is 23.8 Å². The summed E-state index contributed by atoms with van der Waals surface area (Å²) < 4.78 is 16.7. The molecule has 96 valence electrons. The average Bonchev–Trinajstić information content (AvgIpc) is 2.78. The number of hydroxylamine groups is 2. The predicted molar refractivity (Wildman–Crippen MR) is 55.8 cm³/mol. The van der Waals surface area contributed by atoms with Crippen LogP contribution in [0.25, 0.3) is 0 Å². The van der Waals surface area contributed by atoms with Gasteiger partial charge in [-0.05, 0) is 13.8 Å². The molecule has 3 aliphatic rings. The van der Waals surface area contributed by atoms with Gasteiger partial charge in [0.05, 0.1) is 13.0 Å². The smallest absolute Gasteiger partial charge is 0.309 e. The van der Waals surface area contributed by atoms with Gasteiger partial charge in [-0.15, -0.1) is 0 Å². The van der Waals surface area contributed by atoms with Crippen molar-refractivity contribution >= 4 is 5.97 Å². The summed E-state index contributed by atoms with van der Waals surface area (Å²) in [6, 6.07) is -0.0896. The third-order valence-corrected chi connectivity index (χ3v) is 3.47. The van der Waals surface area contributed by atoms with E-state index in [2.05, 4.69) is 0 Å². The molecule has 6 nitrogen and oxygen atoms in total. The second-order valence-corrected chi connectivity index (χ2v) is 5.21. The van der Waals surface area contributed by atoms with Crippen LogP contribution in [0.1, 0.15) is 20.3 Å². The molecule has 0 aromatic rings. The van der Waals surface area contributed by atoms with Crippen LogP contribution in [0.3, 0.4) is 0 Å². The first-order valence-electron chi connectivity index (χ1n) is 5.87. The molecule has 3 heterocycles. The molecular formula is C11H17NO5. The molecule has 0 N–H and O–H groups in total. The lowest BCUT2D eigenvalue weighted by atomic mass is 10.0. The lowest BCUT2D eigenvalue weighted by molar-refractivity contribution is -0.183. The van der Waals surface area contributed by atoms with Crippen LogP contribution in [0, 0.1) is 0 Å². The first-order chi connectivity index (χ1) is 7.96. The van der Waals surface area contributed by atoms with E-state index in [4.69, 9.17) is 19.0 Å². The maximum atomic E-state index is 11.3. The van der Waals surface area contributed by atoms with Gasteiger partial charge >= 0.3 is 5.97 Å². The molecule has 0 radical (unpaired) electrons. The standard InChI is InChI=1S/C11H17NO5/c1-11(2)14-5-7(16-11)9-10-6(17-12(9)3)4-8(13)15-10/h6-7,9-10H,4-5H2,1-3H3/t6-,7-,9+,10+/m1/s1. The van der Waals surface area contributed by atoms with Crippen LogP contribution in [0.15, 0.2) is 0 Å². The molecule has 6 heteroatoms. The summed E-state index contributed by atoms with van der Waals surface area (Å²) in [6.45, 7) is 4.24. The Bertz CT molecular complexity index is 345. The number of esters is 1. The molecule has 0 amide bonds. The number of rotatable bonds is 1. The van der Waals surface area contributed by atoms with E-state index in [1.54, 1.807) is 5.06 Å². The summed E-state index contributed by atoms with van der Waals surface area (Å²) >= 11 is 0. The predicted octanol–water partition coefficient (Wildman–Crippen LogP) is 0.0676. The van der Waals surface area contributed by atoms with Gasteiger partial charge in [-0.2, -0.15) is 5.06 Å². The van der Waals surface area contributed by atoms with Gasteiger partial charge in [-0.1, -0.05) is 0 Å². The third kappa shape index (κ3) is 1.85. The highest BCUT2D eigenvalue weighted by Crippen LogP contribution is 2.36. The highest BCUT2D eigenvalue weighted by atomic mass is 16.8. The minimum Gasteiger partial charge on any atom is -0.458 e. The molecule has 0 aliphatic carbocycles. The number of carbonyl (C=O) groups is 1. The monoisotopic (exact) mass is 243 g/mol. The van der Waals surface area contributed by atoms with Gasteiger partial charge in [0, 0.05) is 7.05 Å². The minimum atomic E-state index is -0.577. The SMILES string of the molecule is CN1O[C@@H]2CC(=O)O[C@@H]2[C@@H]1[C@H]1COC(C)(C)O1. The van der Waals surface area contributed by atoms with Crippen molar-refractivity contribution in [3.63, 3.8) is 0 Å². The van der Waals surface area contributed by atoms with Crippen molar-refractivity contribution in [2.45, 2.75) is 50.4 Å². The number of nitrogens with zero attached hydrogens (tertiary/aromatic N) is 1. The van der Waals surface area contributed by atoms with Crippen LogP contribution >= 0.6 is 0 Å². The molecule has 0 bridgehead atoms. The molecule has 3 rings (SSSR count). The van der Waals surface area contributed by atoms with E-state index in [-0.39, 0.29) is 30.3 Å². The van der Waals surface area contributed by atoms with Crippen molar-refractivity contribution in [1.82, 2.24) is 5.06 Å². The van der Waals surface area contributed by atoms with Gasteiger partial charge in [0.25, 0.3) is 0 Å². The zero-order valence-electron chi connectivity index (χ0n) is 10.2. The van der Waals surface area contributed by atoms with Crippen molar-refractivity contribution in [2.24, 2.45) is 0 Å². The molecule has 3 saturated heterocycles. The maximum Gasteiger partial charge on any atom is 0.309 e. The molecule has 3 aliphatic heterocycles. The summed E-state index contributed by atoms with van der Waals surface area (Å²) in [5, 5.41) is 1.73. The van der Waals surface area contributed by atoms with Crippen molar-refractivity contribution < 1.29 is 23.8 Å². The van der Waals surface area contributed by atoms with Crippen LogP contribution in [0.4, 0.5) is 0 Å². The van der Waals surface area contributed by atoms with Gasteiger partial charge in [-0.25, -0.2) is 0 Å². The van der Waals surface area contributed by atoms with Crippen molar-refractivity contribution in [3.05, 3.63) is 0 Å². The number of carbonyl (C=O) groups excluding carboxylic acids is 1. The van der Waals surface area contributed by atoms with E-state index in [1.165, 1.54) is 0 Å². The molecule has 4 atom stereocenters. The maximum absolute atomic E-state index is 11.3. The second-order valence-electron chi connectivity index (χ2n) is 5.21. The Labute approximate surface area is 99.7 Å². The summed E-state index contributed by atoms with van der Waals surface area (Å²) in [5.41, 5.74) is 0. The fourth-order valence-electron chi connectivity index (χ4n) is 2.76. The summed E-state index contributed by atoms with van der Waals surface area (Å²) in [6.07, 6.45) is -0.224. The zero-order chi connectivity index (χ0) is 12.2. The van der Waals surface area contributed by atoms with Gasteiger partial charge in [0.2, 0.25) is 0 Å². The van der Waals surface area contributed by atoms with E-state index >= 15 is 0 Å². The number of ether oxygens (including phenoxy) is 3. The molecule has 0 aromatic heterocycles. The Morgan fingerprint density at radius 2 is 2.12 bits per heavy atom. The first-order valence-corrected chi connectivity index (χ1v) is 5.87. The fourth-order valence-corrected chi connectivity index (χ4v) is 2.76. The molecule has 17 heavy (non-hydrogen) atoms. The van der Waals surface area contributed by atoms with Gasteiger partial charge < -0.3 is 14.2 Å². The summed E-state index contributed by atoms with van der Waals surface area (Å²) in [7, 11) is 1.84. The Hall–Kier alpha value is -0.690. The van der Waals surface area contributed by atoms with Gasteiger partial charge in [0.15, 0.2) is 11.9 Å². The molecule has 0 unspecified atom stereocenters. The van der Waals surface area contributed by atoms with Crippen molar-refractivity contribution in [2.75, 3.05) is 13.7 Å². The Balaban J connectivity index is 1.76. The van der Waals surface area contributed by atoms with Crippen LogP contribution in [-0.4, -0.2) is 54.8 Å². The lowest BCUT2D eigenvalue weighted by Gasteiger charge is -2.26. The number of fused-ring (bicyclic) bond motifs is 1. The Morgan fingerprint density at radius 1 is 1.35 bits per heavy atom. The van der Waals surface area contributed by atoms with E-state index < -0.39 is 5.79 Å². The van der Waals surface area contributed by atoms with Gasteiger partial charge in [-0.3, -0.25) is 9.63 Å². The normalized spacial score (nSPS) is 45.0. The van der Waals surface area contributed by atoms with E-state index in [1.807, 2.05) is 20.9 Å². The Kier molecular flexibility index (Phi) is 2.45. The number of hydrogen-bond donors (Lipinski definition) is 0. The molecule has 0 spiro atoms. The first kappa shape index (κ1) is 11.4. The van der Waals surface area contributed by atoms with Gasteiger partial charge in [0.1, 0.15) is 18.2 Å². The second kappa shape index (κ2) is 3.65. The Morgan fingerprint density at radius 3 is 2.76 bits per heavy atom.